The van der Waals surface area contributed by atoms with Gasteiger partial charge >= 0.3 is 0 Å². The van der Waals surface area contributed by atoms with Crippen LogP contribution in [-0.4, -0.2) is 40.2 Å². The average Bonchev–Trinajstić information content (AvgIpc) is 2.76. The molecule has 1 aliphatic heterocycles. The van der Waals surface area contributed by atoms with Crippen LogP contribution in [0.2, 0.25) is 0 Å². The van der Waals surface area contributed by atoms with Gasteiger partial charge in [-0.3, -0.25) is 19.7 Å². The van der Waals surface area contributed by atoms with Crippen molar-refractivity contribution in [3.8, 4) is 0 Å². The third kappa shape index (κ3) is 3.52. The molecule has 1 aromatic carbocycles. The number of nitro groups is 1. The number of aliphatic hydroxyl groups excluding tert-OH is 1. The Morgan fingerprint density at radius 3 is 2.61 bits per heavy atom. The maximum absolute atomic E-state index is 11.7. The summed E-state index contributed by atoms with van der Waals surface area (Å²) in [5.74, 6) is -1.39. The number of nitro benzene ring substituents is 1. The van der Waals surface area contributed by atoms with Gasteiger partial charge < -0.3 is 10.0 Å². The summed E-state index contributed by atoms with van der Waals surface area (Å²) in [6.45, 7) is -0.0574. The van der Waals surface area contributed by atoms with Crippen molar-refractivity contribution < 1.29 is 19.6 Å². The van der Waals surface area contributed by atoms with E-state index in [0.29, 0.717) is 5.56 Å². The molecule has 0 spiro atoms. The lowest BCUT2D eigenvalue weighted by molar-refractivity contribution is -0.385. The van der Waals surface area contributed by atoms with Crippen LogP contribution in [0.4, 0.5) is 5.69 Å². The maximum atomic E-state index is 11.7. The van der Waals surface area contributed by atoms with Gasteiger partial charge in [0.05, 0.1) is 17.0 Å². The molecule has 1 N–H and O–H groups in total. The van der Waals surface area contributed by atoms with Crippen LogP contribution in [0.25, 0.3) is 6.08 Å². The number of benzene rings is 1. The zero-order valence-corrected chi connectivity index (χ0v) is 12.3. The lowest BCUT2D eigenvalue weighted by Gasteiger charge is -2.03. The van der Waals surface area contributed by atoms with E-state index in [9.17, 15) is 24.8 Å². The van der Waals surface area contributed by atoms with E-state index in [1.807, 2.05) is 0 Å². The van der Waals surface area contributed by atoms with Crippen LogP contribution in [0.5, 0.6) is 0 Å². The molecule has 0 bridgehead atoms. The number of para-hydroxylation sites is 1. The van der Waals surface area contributed by atoms with Gasteiger partial charge in [0.25, 0.3) is 11.6 Å². The molecule has 118 valence electrons. The summed E-state index contributed by atoms with van der Waals surface area (Å²) in [5.41, 5.74) is 0.118. The number of hydrogen-bond donors (Lipinski definition) is 1. The molecule has 7 nitrogen and oxygen atoms in total. The van der Waals surface area contributed by atoms with Crippen molar-refractivity contribution in [3.05, 3.63) is 69.5 Å². The van der Waals surface area contributed by atoms with Gasteiger partial charge in [0, 0.05) is 13.1 Å². The number of hydrogen-bond acceptors (Lipinski definition) is 5. The number of Topliss-reactive ketones (excluding diaryl/α,β-unsaturated/α-hetero) is 1. The van der Waals surface area contributed by atoms with E-state index in [0.717, 1.165) is 0 Å². The van der Waals surface area contributed by atoms with E-state index >= 15 is 0 Å². The van der Waals surface area contributed by atoms with Gasteiger partial charge in [0.1, 0.15) is 11.3 Å². The van der Waals surface area contributed by atoms with Gasteiger partial charge in [-0.05, 0) is 18.2 Å². The maximum Gasteiger partial charge on any atom is 0.276 e. The molecule has 1 fully saturated rings. The summed E-state index contributed by atoms with van der Waals surface area (Å²) in [4.78, 5) is 34.9. The molecule has 1 aromatic rings. The van der Waals surface area contributed by atoms with E-state index in [-0.39, 0.29) is 17.8 Å². The molecule has 2 rings (SSSR count). The molecule has 0 radical (unpaired) electrons. The first kappa shape index (κ1) is 16.2. The number of allylic oxidation sites excluding steroid dienone is 3. The van der Waals surface area contributed by atoms with Crippen molar-refractivity contribution in [2.75, 3.05) is 13.6 Å². The number of nitrogens with zero attached hydrogens (tertiary/aromatic N) is 2. The van der Waals surface area contributed by atoms with Crippen LogP contribution < -0.4 is 0 Å². The molecule has 23 heavy (non-hydrogen) atoms. The van der Waals surface area contributed by atoms with Crippen LogP contribution in [0.15, 0.2) is 53.8 Å². The highest BCUT2D eigenvalue weighted by Crippen LogP contribution is 2.19. The molecule has 1 amide bonds. The standard InChI is InChI=1S/C16H14N2O5/c1-17-10-14(20)15(16(17)21)13(19)9-5-3-7-11-6-2-4-8-12(11)18(22)23/h2-9,19H,10H2,1H3/b7-3+,9-5+,15-13?. The fourth-order valence-electron chi connectivity index (χ4n) is 2.11. The molecular formula is C16H14N2O5. The number of amides is 1. The third-order valence-electron chi connectivity index (χ3n) is 3.25. The molecule has 1 heterocycles. The second-order valence-corrected chi connectivity index (χ2v) is 4.88. The van der Waals surface area contributed by atoms with Crippen molar-refractivity contribution in [1.29, 1.82) is 0 Å². The summed E-state index contributed by atoms with van der Waals surface area (Å²) in [6.07, 6.45) is 5.58. The molecule has 0 aliphatic carbocycles. The quantitative estimate of drug-likeness (QED) is 0.229. The Labute approximate surface area is 132 Å². The average molecular weight is 314 g/mol. The Balaban J connectivity index is 2.18. The third-order valence-corrected chi connectivity index (χ3v) is 3.25. The monoisotopic (exact) mass is 314 g/mol. The number of aliphatic hydroxyl groups is 1. The minimum absolute atomic E-state index is 0.0394. The van der Waals surface area contributed by atoms with Crippen LogP contribution in [0.3, 0.4) is 0 Å². The SMILES string of the molecule is CN1CC(=O)C(=C(O)/C=C/C=C/c2ccccc2[N+](=O)[O-])C1=O. The number of likely N-dealkylation sites (tertiary alicyclic amines) is 1. The number of carbonyl (C=O) groups is 2. The Hall–Kier alpha value is -3.22. The van der Waals surface area contributed by atoms with Gasteiger partial charge in [-0.2, -0.15) is 0 Å². The Bertz CT molecular complexity index is 761. The van der Waals surface area contributed by atoms with Gasteiger partial charge in [-0.1, -0.05) is 24.3 Å². The van der Waals surface area contributed by atoms with Crippen molar-refractivity contribution >= 4 is 23.5 Å². The molecule has 1 aliphatic rings. The van der Waals surface area contributed by atoms with Gasteiger partial charge in [0.15, 0.2) is 5.78 Å². The fraction of sp³-hybridized carbons (Fsp3) is 0.125. The number of likely N-dealkylation sites (N-methyl/N-ethyl adjacent to an activating group) is 1. The number of carbonyl (C=O) groups excluding carboxylic acids is 2. The topological polar surface area (TPSA) is 101 Å². The van der Waals surface area contributed by atoms with Gasteiger partial charge in [-0.15, -0.1) is 0 Å². The Morgan fingerprint density at radius 1 is 1.30 bits per heavy atom. The minimum atomic E-state index is -0.528. The Kier molecular flexibility index (Phi) is 4.70. The highest BCUT2D eigenvalue weighted by Gasteiger charge is 2.33. The lowest BCUT2D eigenvalue weighted by atomic mass is 10.1. The zero-order valence-electron chi connectivity index (χ0n) is 12.3. The zero-order chi connectivity index (χ0) is 17.0. The van der Waals surface area contributed by atoms with Crippen molar-refractivity contribution in [2.45, 2.75) is 0 Å². The summed E-state index contributed by atoms with van der Waals surface area (Å²) < 4.78 is 0. The largest absolute Gasteiger partial charge is 0.507 e. The predicted molar refractivity (Wildman–Crippen MR) is 83.6 cm³/mol. The van der Waals surface area contributed by atoms with Crippen LogP contribution in [-0.2, 0) is 9.59 Å². The first-order chi connectivity index (χ1) is 10.9. The highest BCUT2D eigenvalue weighted by molar-refractivity contribution is 6.25. The smallest absolute Gasteiger partial charge is 0.276 e. The van der Waals surface area contributed by atoms with Crippen LogP contribution in [0.1, 0.15) is 5.56 Å². The fourth-order valence-corrected chi connectivity index (χ4v) is 2.11. The molecule has 7 heteroatoms. The van der Waals surface area contributed by atoms with E-state index in [1.165, 1.54) is 42.3 Å². The number of ketones is 1. The van der Waals surface area contributed by atoms with Crippen molar-refractivity contribution in [1.82, 2.24) is 4.90 Å². The first-order valence-electron chi connectivity index (χ1n) is 6.72. The van der Waals surface area contributed by atoms with Crippen LogP contribution >= 0.6 is 0 Å². The van der Waals surface area contributed by atoms with E-state index < -0.39 is 22.4 Å². The first-order valence-corrected chi connectivity index (χ1v) is 6.72. The van der Waals surface area contributed by atoms with E-state index in [1.54, 1.807) is 18.2 Å². The molecular weight excluding hydrogens is 300 g/mol. The summed E-state index contributed by atoms with van der Waals surface area (Å²) >= 11 is 0. The van der Waals surface area contributed by atoms with Crippen molar-refractivity contribution in [2.24, 2.45) is 0 Å². The summed E-state index contributed by atoms with van der Waals surface area (Å²) in [6, 6.07) is 6.20. The molecule has 0 atom stereocenters. The molecule has 1 saturated heterocycles. The molecule has 0 saturated carbocycles. The van der Waals surface area contributed by atoms with Gasteiger partial charge in [0.2, 0.25) is 0 Å². The second kappa shape index (κ2) is 6.69. The normalized spacial score (nSPS) is 17.5. The highest BCUT2D eigenvalue weighted by atomic mass is 16.6. The number of rotatable bonds is 4. The van der Waals surface area contributed by atoms with E-state index in [4.69, 9.17) is 0 Å². The summed E-state index contributed by atoms with van der Waals surface area (Å²) in [7, 11) is 1.47. The van der Waals surface area contributed by atoms with Crippen molar-refractivity contribution in [3.63, 3.8) is 0 Å². The second-order valence-electron chi connectivity index (χ2n) is 4.88. The van der Waals surface area contributed by atoms with E-state index in [2.05, 4.69) is 0 Å². The van der Waals surface area contributed by atoms with Crippen LogP contribution in [0, 0.1) is 10.1 Å². The molecule has 0 unspecified atom stereocenters. The van der Waals surface area contributed by atoms with Gasteiger partial charge in [-0.25, -0.2) is 0 Å². The predicted octanol–water partition coefficient (Wildman–Crippen LogP) is 2.02. The Morgan fingerprint density at radius 2 is 2.00 bits per heavy atom. The molecule has 0 aromatic heterocycles. The lowest BCUT2D eigenvalue weighted by Crippen LogP contribution is -2.19. The minimum Gasteiger partial charge on any atom is -0.507 e. The summed E-state index contributed by atoms with van der Waals surface area (Å²) in [5, 5.41) is 20.7.